The van der Waals surface area contributed by atoms with Gasteiger partial charge in [-0.05, 0) is 31.6 Å². The molecule has 0 aliphatic heterocycles. The van der Waals surface area contributed by atoms with Gasteiger partial charge in [-0.1, -0.05) is 13.8 Å². The van der Waals surface area contributed by atoms with Gasteiger partial charge < -0.3 is 14.8 Å². The Balaban J connectivity index is 2.43. The van der Waals surface area contributed by atoms with Crippen LogP contribution in [0, 0.1) is 5.92 Å². The fraction of sp³-hybridized carbons (Fsp3) is 0.923. The smallest absolute Gasteiger partial charge is 0.323 e. The zero-order valence-corrected chi connectivity index (χ0v) is 11.4. The molecule has 1 N–H and O–H groups in total. The van der Waals surface area contributed by atoms with E-state index in [1.54, 1.807) is 7.11 Å². The first-order valence-corrected chi connectivity index (χ1v) is 6.45. The number of hydrogen-bond acceptors (Lipinski definition) is 4. The zero-order chi connectivity index (χ0) is 12.8. The van der Waals surface area contributed by atoms with Crippen LogP contribution >= 0.6 is 0 Å². The Morgan fingerprint density at radius 1 is 1.18 bits per heavy atom. The highest BCUT2D eigenvalue weighted by Gasteiger charge is 2.28. The molecule has 1 saturated carbocycles. The summed E-state index contributed by atoms with van der Waals surface area (Å²) >= 11 is 0. The standard InChI is InChI=1S/C13H25NO3/c1-9(2)12(13(15)17-4)14-10-5-7-11(16-3)8-6-10/h9-12,14H,5-8H2,1-4H3/t10?,11?,12-/m0/s1. The minimum atomic E-state index is -0.191. The van der Waals surface area contributed by atoms with Gasteiger partial charge in [0.1, 0.15) is 6.04 Å². The molecule has 0 amide bonds. The van der Waals surface area contributed by atoms with Crippen LogP contribution in [0.3, 0.4) is 0 Å². The number of methoxy groups -OCH3 is 2. The van der Waals surface area contributed by atoms with E-state index >= 15 is 0 Å². The molecule has 0 spiro atoms. The van der Waals surface area contributed by atoms with Crippen molar-refractivity contribution in [1.29, 1.82) is 0 Å². The van der Waals surface area contributed by atoms with Crippen molar-refractivity contribution in [2.75, 3.05) is 14.2 Å². The van der Waals surface area contributed by atoms with Gasteiger partial charge in [0, 0.05) is 13.2 Å². The van der Waals surface area contributed by atoms with Gasteiger partial charge >= 0.3 is 5.97 Å². The van der Waals surface area contributed by atoms with Crippen molar-refractivity contribution >= 4 is 5.97 Å². The van der Waals surface area contributed by atoms with Crippen molar-refractivity contribution in [1.82, 2.24) is 5.32 Å². The topological polar surface area (TPSA) is 47.6 Å². The summed E-state index contributed by atoms with van der Waals surface area (Å²) in [5.41, 5.74) is 0. The quantitative estimate of drug-likeness (QED) is 0.747. The van der Waals surface area contributed by atoms with E-state index in [-0.39, 0.29) is 17.9 Å². The number of carbonyl (C=O) groups excluding carboxylic acids is 1. The summed E-state index contributed by atoms with van der Waals surface area (Å²) in [4.78, 5) is 11.6. The molecular formula is C13H25NO3. The Morgan fingerprint density at radius 3 is 2.18 bits per heavy atom. The van der Waals surface area contributed by atoms with Gasteiger partial charge in [0.15, 0.2) is 0 Å². The van der Waals surface area contributed by atoms with Gasteiger partial charge in [-0.25, -0.2) is 0 Å². The first kappa shape index (κ1) is 14.5. The maximum Gasteiger partial charge on any atom is 0.323 e. The largest absolute Gasteiger partial charge is 0.468 e. The molecule has 0 aromatic carbocycles. The van der Waals surface area contributed by atoms with Crippen LogP contribution in [0.4, 0.5) is 0 Å². The van der Waals surface area contributed by atoms with E-state index in [1.165, 1.54) is 7.11 Å². The third-order valence-corrected chi connectivity index (χ3v) is 3.54. The summed E-state index contributed by atoms with van der Waals surface area (Å²) in [7, 11) is 3.21. The molecule has 0 aromatic rings. The number of esters is 1. The van der Waals surface area contributed by atoms with Crippen LogP contribution in [0.25, 0.3) is 0 Å². The van der Waals surface area contributed by atoms with E-state index in [0.29, 0.717) is 12.1 Å². The van der Waals surface area contributed by atoms with Gasteiger partial charge in [-0.15, -0.1) is 0 Å². The van der Waals surface area contributed by atoms with Gasteiger partial charge in [-0.2, -0.15) is 0 Å². The van der Waals surface area contributed by atoms with Crippen LogP contribution in [0.5, 0.6) is 0 Å². The predicted molar refractivity (Wildman–Crippen MR) is 66.8 cm³/mol. The van der Waals surface area contributed by atoms with E-state index in [9.17, 15) is 4.79 Å². The molecule has 4 heteroatoms. The molecule has 1 aliphatic carbocycles. The third kappa shape index (κ3) is 4.28. The van der Waals surface area contributed by atoms with Crippen molar-refractivity contribution in [2.24, 2.45) is 5.92 Å². The number of nitrogens with one attached hydrogen (secondary N) is 1. The van der Waals surface area contributed by atoms with Gasteiger partial charge in [0.25, 0.3) is 0 Å². The monoisotopic (exact) mass is 243 g/mol. The molecule has 1 fully saturated rings. The van der Waals surface area contributed by atoms with Crippen molar-refractivity contribution in [3.05, 3.63) is 0 Å². The highest BCUT2D eigenvalue weighted by molar-refractivity contribution is 5.75. The van der Waals surface area contributed by atoms with E-state index in [1.807, 2.05) is 13.8 Å². The first-order chi connectivity index (χ1) is 8.08. The minimum absolute atomic E-state index is 0.158. The van der Waals surface area contributed by atoms with Gasteiger partial charge in [0.05, 0.1) is 13.2 Å². The molecule has 17 heavy (non-hydrogen) atoms. The second-order valence-electron chi connectivity index (χ2n) is 5.12. The first-order valence-electron chi connectivity index (χ1n) is 6.45. The summed E-state index contributed by atoms with van der Waals surface area (Å²) in [5, 5.41) is 3.42. The molecule has 1 rings (SSSR count). The molecule has 100 valence electrons. The normalized spacial score (nSPS) is 26.9. The van der Waals surface area contributed by atoms with E-state index in [4.69, 9.17) is 9.47 Å². The van der Waals surface area contributed by atoms with E-state index < -0.39 is 0 Å². The molecule has 0 radical (unpaired) electrons. The fourth-order valence-electron chi connectivity index (χ4n) is 2.38. The lowest BCUT2D eigenvalue weighted by molar-refractivity contribution is -0.144. The molecule has 1 atom stereocenters. The Bertz CT molecular complexity index is 235. The predicted octanol–water partition coefficient (Wildman–Crippen LogP) is 1.73. The SMILES string of the molecule is COC(=O)[C@@H](NC1CCC(OC)CC1)C(C)C. The lowest BCUT2D eigenvalue weighted by atomic mass is 9.91. The van der Waals surface area contributed by atoms with Crippen molar-refractivity contribution in [2.45, 2.75) is 57.7 Å². The van der Waals surface area contributed by atoms with E-state index in [2.05, 4.69) is 5.32 Å². The maximum absolute atomic E-state index is 11.6. The summed E-state index contributed by atoms with van der Waals surface area (Å²) < 4.78 is 10.2. The van der Waals surface area contributed by atoms with Crippen molar-refractivity contribution < 1.29 is 14.3 Å². The molecular weight excluding hydrogens is 218 g/mol. The molecule has 4 nitrogen and oxygen atoms in total. The van der Waals surface area contributed by atoms with Gasteiger partial charge in [-0.3, -0.25) is 4.79 Å². The highest BCUT2D eigenvalue weighted by Crippen LogP contribution is 2.21. The van der Waals surface area contributed by atoms with Gasteiger partial charge in [0.2, 0.25) is 0 Å². The molecule has 0 unspecified atom stereocenters. The average molecular weight is 243 g/mol. The Morgan fingerprint density at radius 2 is 1.76 bits per heavy atom. The van der Waals surface area contributed by atoms with Crippen LogP contribution in [-0.2, 0) is 14.3 Å². The third-order valence-electron chi connectivity index (χ3n) is 3.54. The van der Waals surface area contributed by atoms with Crippen molar-refractivity contribution in [3.8, 4) is 0 Å². The number of carbonyl (C=O) groups is 1. The number of rotatable bonds is 5. The average Bonchev–Trinajstić information content (AvgIpc) is 2.35. The minimum Gasteiger partial charge on any atom is -0.468 e. The van der Waals surface area contributed by atoms with Crippen LogP contribution in [0.15, 0.2) is 0 Å². The zero-order valence-electron chi connectivity index (χ0n) is 11.4. The van der Waals surface area contributed by atoms with Crippen molar-refractivity contribution in [3.63, 3.8) is 0 Å². The lowest BCUT2D eigenvalue weighted by Gasteiger charge is -2.32. The molecule has 0 bridgehead atoms. The molecule has 0 saturated heterocycles. The van der Waals surface area contributed by atoms with Crippen LogP contribution in [0.1, 0.15) is 39.5 Å². The second kappa shape index (κ2) is 6.97. The Hall–Kier alpha value is -0.610. The summed E-state index contributed by atoms with van der Waals surface area (Å²) in [6.07, 6.45) is 4.67. The summed E-state index contributed by atoms with van der Waals surface area (Å²) in [6, 6.07) is 0.219. The Labute approximate surface area is 104 Å². The molecule has 0 heterocycles. The van der Waals surface area contributed by atoms with Crippen LogP contribution in [0.2, 0.25) is 0 Å². The molecule has 0 aromatic heterocycles. The fourth-order valence-corrected chi connectivity index (χ4v) is 2.38. The summed E-state index contributed by atoms with van der Waals surface area (Å²) in [5.74, 6) is 0.0939. The van der Waals surface area contributed by atoms with Crippen LogP contribution < -0.4 is 5.32 Å². The summed E-state index contributed by atoms with van der Waals surface area (Å²) in [6.45, 7) is 4.07. The Kier molecular flexibility index (Phi) is 5.92. The highest BCUT2D eigenvalue weighted by atomic mass is 16.5. The molecule has 1 aliphatic rings. The lowest BCUT2D eigenvalue weighted by Crippen LogP contribution is -2.48. The van der Waals surface area contributed by atoms with Crippen LogP contribution in [-0.4, -0.2) is 38.4 Å². The number of hydrogen-bond donors (Lipinski definition) is 1. The maximum atomic E-state index is 11.6. The number of ether oxygens (including phenoxy) is 2. The van der Waals surface area contributed by atoms with E-state index in [0.717, 1.165) is 25.7 Å². The second-order valence-corrected chi connectivity index (χ2v) is 5.12.